The lowest BCUT2D eigenvalue weighted by molar-refractivity contribution is -0.0893. The minimum atomic E-state index is -1.19. The van der Waals surface area contributed by atoms with Crippen LogP contribution in [-0.2, 0) is 22.6 Å². The molecule has 151 valence electrons. The van der Waals surface area contributed by atoms with E-state index in [0.717, 1.165) is 11.0 Å². The van der Waals surface area contributed by atoms with Gasteiger partial charge in [-0.2, -0.15) is 0 Å². The van der Waals surface area contributed by atoms with Crippen LogP contribution in [0.1, 0.15) is 40.2 Å². The zero-order valence-electron chi connectivity index (χ0n) is 17.1. The highest BCUT2D eigenvalue weighted by atomic mass is 32.2. The molecule has 0 aliphatic carbocycles. The van der Waals surface area contributed by atoms with E-state index in [0.29, 0.717) is 23.8 Å². The first-order valence-electron chi connectivity index (χ1n) is 9.16. The van der Waals surface area contributed by atoms with Crippen molar-refractivity contribution < 1.29 is 19.1 Å². The Morgan fingerprint density at radius 2 is 1.86 bits per heavy atom. The summed E-state index contributed by atoms with van der Waals surface area (Å²) < 4.78 is 26.7. The van der Waals surface area contributed by atoms with Crippen LogP contribution >= 0.6 is 0 Å². The lowest BCUT2D eigenvalue weighted by atomic mass is 9.82. The minimum Gasteiger partial charge on any atom is -0.593 e. The number of anilines is 1. The Bertz CT molecular complexity index is 754. The van der Waals surface area contributed by atoms with Gasteiger partial charge in [0.15, 0.2) is 0 Å². The fourth-order valence-electron chi connectivity index (χ4n) is 2.01. The maximum absolute atomic E-state index is 11.9. The topological polar surface area (TPSA) is 86.7 Å². The highest BCUT2D eigenvalue weighted by Crippen LogP contribution is 2.27. The van der Waals surface area contributed by atoms with Gasteiger partial charge in [0.2, 0.25) is 0 Å². The second-order valence-corrected chi connectivity index (χ2v) is 8.91. The predicted molar refractivity (Wildman–Crippen MR) is 114 cm³/mol. The van der Waals surface area contributed by atoms with E-state index in [1.165, 1.54) is 0 Å². The molecule has 6 nitrogen and oxygen atoms in total. The molecular weight excluding hydrogens is 375 g/mol. The Morgan fingerprint density at radius 1 is 1.18 bits per heavy atom. The number of aliphatic hydroxyl groups is 1. The Labute approximate surface area is 171 Å². The number of nitrogens with zero attached hydrogens (tertiary/aromatic N) is 1. The van der Waals surface area contributed by atoms with Crippen molar-refractivity contribution in [1.29, 1.82) is 0 Å². The van der Waals surface area contributed by atoms with Crippen LogP contribution in [0.5, 0.6) is 5.75 Å². The maximum Gasteiger partial charge on any atom is 0.331 e. The van der Waals surface area contributed by atoms with E-state index in [1.807, 2.05) is 51.1 Å². The van der Waals surface area contributed by atoms with Gasteiger partial charge in [0.05, 0.1) is 22.6 Å². The number of aromatic nitrogens is 1. The van der Waals surface area contributed by atoms with Gasteiger partial charge >= 0.3 is 7.48 Å². The largest absolute Gasteiger partial charge is 0.593 e. The third-order valence-electron chi connectivity index (χ3n) is 4.60. The molecule has 0 amide bonds. The Kier molecular flexibility index (Phi) is 7.77. The first kappa shape index (κ1) is 22.6. The Hall–Kier alpha value is -1.74. The Morgan fingerprint density at radius 3 is 2.46 bits per heavy atom. The molecule has 0 saturated heterocycles. The monoisotopic (exact) mass is 403 g/mol. The minimum absolute atomic E-state index is 0.357. The average molecular weight is 403 g/mol. The molecule has 0 aliphatic heterocycles. The van der Waals surface area contributed by atoms with E-state index in [9.17, 15) is 9.66 Å². The fraction of sp³-hybridized carbons (Fsp3) is 0.450. The van der Waals surface area contributed by atoms with Crippen molar-refractivity contribution >= 4 is 30.0 Å². The summed E-state index contributed by atoms with van der Waals surface area (Å²) in [6.45, 7) is 9.26. The zero-order valence-corrected chi connectivity index (χ0v) is 17.9. The first-order valence-corrected chi connectivity index (χ1v) is 10.5. The molecule has 2 rings (SSSR count). The SMILES string of the molecule is CC[S+]([O-])Nc1ccc([B]OC(C)(C)C(C)(C)O)cc1OCc1ccncc1. The number of pyridine rings is 1. The molecule has 1 atom stereocenters. The van der Waals surface area contributed by atoms with Crippen LogP contribution in [0.15, 0.2) is 42.7 Å². The summed E-state index contributed by atoms with van der Waals surface area (Å²) in [4.78, 5) is 4.00. The molecule has 0 aliphatic rings. The third kappa shape index (κ3) is 6.41. The maximum atomic E-state index is 11.9. The van der Waals surface area contributed by atoms with Crippen LogP contribution < -0.4 is 14.9 Å². The average Bonchev–Trinajstić information content (AvgIpc) is 2.65. The van der Waals surface area contributed by atoms with E-state index in [-0.39, 0.29) is 0 Å². The first-order chi connectivity index (χ1) is 13.1. The van der Waals surface area contributed by atoms with Crippen molar-refractivity contribution in [3.63, 3.8) is 0 Å². The second kappa shape index (κ2) is 9.65. The van der Waals surface area contributed by atoms with Crippen molar-refractivity contribution in [3.8, 4) is 5.75 Å². The summed E-state index contributed by atoms with van der Waals surface area (Å²) in [7, 11) is 1.60. The summed E-state index contributed by atoms with van der Waals surface area (Å²) in [5.41, 5.74) is 0.615. The molecule has 1 aromatic carbocycles. The summed E-state index contributed by atoms with van der Waals surface area (Å²) in [5.74, 6) is 1.05. The van der Waals surface area contributed by atoms with Gasteiger partial charge in [0, 0.05) is 12.4 Å². The van der Waals surface area contributed by atoms with Crippen molar-refractivity contribution in [1.82, 2.24) is 4.98 Å². The quantitative estimate of drug-likeness (QED) is 0.469. The molecule has 1 aromatic heterocycles. The van der Waals surface area contributed by atoms with Gasteiger partial charge in [-0.3, -0.25) is 4.98 Å². The number of nitrogens with one attached hydrogen (secondary N) is 1. The van der Waals surface area contributed by atoms with Crippen molar-refractivity contribution in [2.45, 2.75) is 52.4 Å². The third-order valence-corrected chi connectivity index (χ3v) is 5.57. The predicted octanol–water partition coefficient (Wildman–Crippen LogP) is 2.57. The molecule has 0 saturated carbocycles. The van der Waals surface area contributed by atoms with Crippen LogP contribution in [0.4, 0.5) is 5.69 Å². The zero-order chi connectivity index (χ0) is 20.8. The lowest BCUT2D eigenvalue weighted by Crippen LogP contribution is -2.49. The van der Waals surface area contributed by atoms with E-state index in [1.54, 1.807) is 33.7 Å². The number of ether oxygens (including phenoxy) is 1. The number of rotatable bonds is 10. The van der Waals surface area contributed by atoms with E-state index >= 15 is 0 Å². The second-order valence-electron chi connectivity index (χ2n) is 7.44. The highest BCUT2D eigenvalue weighted by Gasteiger charge is 2.35. The van der Waals surface area contributed by atoms with Crippen LogP contribution in [0.3, 0.4) is 0 Å². The molecule has 0 spiro atoms. The van der Waals surface area contributed by atoms with Gasteiger partial charge in [0.25, 0.3) is 0 Å². The molecule has 1 heterocycles. The standard InChI is InChI=1S/C20H28BN2O4S/c1-6-28(25)23-17-8-7-16(21-27-20(4,5)19(2,3)24)13-18(17)26-14-15-9-11-22-12-10-15/h7-13,23-24H,6,14H2,1-5H3. The molecule has 8 heteroatoms. The van der Waals surface area contributed by atoms with Crippen LogP contribution in [-0.4, -0.2) is 39.1 Å². The summed E-state index contributed by atoms with van der Waals surface area (Å²) in [6.07, 6.45) is 3.42. The van der Waals surface area contributed by atoms with E-state index in [4.69, 9.17) is 9.39 Å². The molecule has 2 aromatic rings. The van der Waals surface area contributed by atoms with Crippen LogP contribution in [0.2, 0.25) is 0 Å². The summed E-state index contributed by atoms with van der Waals surface area (Å²) >= 11 is -1.19. The van der Waals surface area contributed by atoms with Gasteiger partial charge in [0.1, 0.15) is 23.8 Å². The van der Waals surface area contributed by atoms with Gasteiger partial charge < -0.3 is 19.1 Å². The Balaban J connectivity index is 2.17. The summed E-state index contributed by atoms with van der Waals surface area (Å²) in [6, 6.07) is 9.22. The van der Waals surface area contributed by atoms with Gasteiger partial charge in [-0.25, -0.2) is 4.72 Å². The van der Waals surface area contributed by atoms with Crippen molar-refractivity contribution in [2.75, 3.05) is 10.5 Å². The van der Waals surface area contributed by atoms with Gasteiger partial charge in [-0.15, -0.1) is 0 Å². The number of hydrogen-bond donors (Lipinski definition) is 2. The van der Waals surface area contributed by atoms with Crippen molar-refractivity contribution in [2.24, 2.45) is 0 Å². The van der Waals surface area contributed by atoms with E-state index < -0.39 is 22.6 Å². The number of hydrogen-bond acceptors (Lipinski definition) is 6. The normalized spacial score (nSPS) is 13.1. The molecule has 0 bridgehead atoms. The van der Waals surface area contributed by atoms with Gasteiger partial charge in [-0.05, 0) is 69.9 Å². The molecule has 1 unspecified atom stereocenters. The summed E-state index contributed by atoms with van der Waals surface area (Å²) in [5, 5.41) is 10.2. The van der Waals surface area contributed by atoms with E-state index in [2.05, 4.69) is 9.71 Å². The highest BCUT2D eigenvalue weighted by molar-refractivity contribution is 7.92. The molecule has 0 fully saturated rings. The molecule has 2 N–H and O–H groups in total. The number of benzene rings is 1. The van der Waals surface area contributed by atoms with Crippen LogP contribution in [0, 0.1) is 0 Å². The van der Waals surface area contributed by atoms with Gasteiger partial charge in [-0.1, -0.05) is 6.07 Å². The molecule has 1 radical (unpaired) electrons. The van der Waals surface area contributed by atoms with Crippen molar-refractivity contribution in [3.05, 3.63) is 48.3 Å². The van der Waals surface area contributed by atoms with Crippen LogP contribution in [0.25, 0.3) is 0 Å². The smallest absolute Gasteiger partial charge is 0.331 e. The molecular formula is C20H28BN2O4S. The lowest BCUT2D eigenvalue weighted by Gasteiger charge is -2.37. The fourth-order valence-corrected chi connectivity index (χ4v) is 2.57. The molecule has 28 heavy (non-hydrogen) atoms.